The van der Waals surface area contributed by atoms with Gasteiger partial charge < -0.3 is 24.4 Å². The minimum atomic E-state index is -0.783. The number of aliphatic hydroxyl groups excluding tert-OH is 2. The summed E-state index contributed by atoms with van der Waals surface area (Å²) in [5.74, 6) is -0.172. The molecule has 0 aromatic heterocycles. The van der Waals surface area contributed by atoms with E-state index in [1.54, 1.807) is 12.1 Å². The number of benzene rings is 3. The molecule has 5 nitrogen and oxygen atoms in total. The molecule has 0 amide bonds. The number of aliphatic hydroxyl groups is 2. The van der Waals surface area contributed by atoms with Crippen LogP contribution in [0, 0.1) is 0 Å². The van der Waals surface area contributed by atoms with Crippen LogP contribution in [0.1, 0.15) is 55.1 Å². The van der Waals surface area contributed by atoms with Crippen molar-refractivity contribution >= 4 is 11.6 Å². The highest BCUT2D eigenvalue weighted by molar-refractivity contribution is 6.30. The maximum atomic E-state index is 11.2. The highest BCUT2D eigenvalue weighted by Crippen LogP contribution is 2.38. The van der Waals surface area contributed by atoms with E-state index >= 15 is 0 Å². The van der Waals surface area contributed by atoms with Crippen LogP contribution in [0.15, 0.2) is 78.9 Å². The van der Waals surface area contributed by atoms with E-state index in [1.807, 2.05) is 80.6 Å². The van der Waals surface area contributed by atoms with Crippen molar-refractivity contribution in [1.29, 1.82) is 0 Å². The molecule has 1 aliphatic heterocycles. The van der Waals surface area contributed by atoms with E-state index < -0.39 is 18.0 Å². The van der Waals surface area contributed by atoms with Gasteiger partial charge in [-0.1, -0.05) is 66.2 Å². The van der Waals surface area contributed by atoms with Crippen LogP contribution in [0.4, 0.5) is 0 Å². The van der Waals surface area contributed by atoms with Gasteiger partial charge in [-0.05, 0) is 61.2 Å². The van der Waals surface area contributed by atoms with Gasteiger partial charge in [0.2, 0.25) is 0 Å². The quantitative estimate of drug-likeness (QED) is 0.402. The molecule has 0 spiro atoms. The number of rotatable bonds is 9. The predicted molar refractivity (Wildman–Crippen MR) is 132 cm³/mol. The topological polar surface area (TPSA) is 68.2 Å². The van der Waals surface area contributed by atoms with Crippen molar-refractivity contribution in [2.24, 2.45) is 0 Å². The molecule has 0 radical (unpaired) electrons. The molecule has 4 rings (SSSR count). The van der Waals surface area contributed by atoms with Gasteiger partial charge >= 0.3 is 0 Å². The van der Waals surface area contributed by atoms with Gasteiger partial charge in [0.15, 0.2) is 5.79 Å². The van der Waals surface area contributed by atoms with Crippen LogP contribution >= 0.6 is 11.6 Å². The van der Waals surface area contributed by atoms with Gasteiger partial charge in [-0.3, -0.25) is 0 Å². The summed E-state index contributed by atoms with van der Waals surface area (Å²) in [6.07, 6.45) is -1.29. The van der Waals surface area contributed by atoms with Gasteiger partial charge in [-0.15, -0.1) is 0 Å². The van der Waals surface area contributed by atoms with Gasteiger partial charge in [0.25, 0.3) is 0 Å². The summed E-state index contributed by atoms with van der Waals surface area (Å²) in [5.41, 5.74) is 2.49. The molecule has 4 atom stereocenters. The number of ether oxygens (including phenoxy) is 3. The van der Waals surface area contributed by atoms with Gasteiger partial charge in [0, 0.05) is 10.9 Å². The second kappa shape index (κ2) is 10.9. The summed E-state index contributed by atoms with van der Waals surface area (Å²) >= 11 is 6.02. The molecule has 1 heterocycles. The Morgan fingerprint density at radius 2 is 1.56 bits per heavy atom. The Bertz CT molecular complexity index is 1040. The summed E-state index contributed by atoms with van der Waals surface area (Å²) in [7, 11) is 0. The average molecular weight is 483 g/mol. The van der Waals surface area contributed by atoms with E-state index in [2.05, 4.69) is 0 Å². The lowest BCUT2D eigenvalue weighted by atomic mass is 9.83. The molecule has 2 N–H and O–H groups in total. The van der Waals surface area contributed by atoms with E-state index in [4.69, 9.17) is 25.8 Å². The van der Waals surface area contributed by atoms with Crippen LogP contribution in [-0.4, -0.2) is 35.3 Å². The Morgan fingerprint density at radius 1 is 0.912 bits per heavy atom. The molecule has 3 aromatic carbocycles. The summed E-state index contributed by atoms with van der Waals surface area (Å²) in [4.78, 5) is 0. The number of halogens is 1. The third kappa shape index (κ3) is 6.38. The van der Waals surface area contributed by atoms with Crippen LogP contribution in [0.3, 0.4) is 0 Å². The Labute approximate surface area is 205 Å². The van der Waals surface area contributed by atoms with Gasteiger partial charge in [-0.2, -0.15) is 0 Å². The Kier molecular flexibility index (Phi) is 7.91. The Hall–Kier alpha value is -2.41. The smallest absolute Gasteiger partial charge is 0.163 e. The molecule has 34 heavy (non-hydrogen) atoms. The van der Waals surface area contributed by atoms with E-state index in [0.29, 0.717) is 30.4 Å². The molecular formula is C28H31ClO5. The standard InChI is InChI=1S/C28H31ClO5/c1-28(2)33-18-24(34-28)17-32-23-14-10-20(11-15-23)26(30)16-25(19-6-4-3-5-7-19)27(31)21-8-12-22(29)13-9-21/h3-15,24-27,30-31H,16-18H2,1-2H3. The van der Waals surface area contributed by atoms with Crippen molar-refractivity contribution in [2.75, 3.05) is 13.2 Å². The molecular weight excluding hydrogens is 452 g/mol. The fourth-order valence-corrected chi connectivity index (χ4v) is 4.36. The van der Waals surface area contributed by atoms with E-state index in [1.165, 1.54) is 0 Å². The van der Waals surface area contributed by atoms with E-state index in [0.717, 1.165) is 16.7 Å². The minimum Gasteiger partial charge on any atom is -0.491 e. The van der Waals surface area contributed by atoms with Crippen LogP contribution in [-0.2, 0) is 9.47 Å². The number of hydrogen-bond acceptors (Lipinski definition) is 5. The summed E-state index contributed by atoms with van der Waals surface area (Å²) in [6, 6.07) is 24.3. The van der Waals surface area contributed by atoms with Crippen LogP contribution in [0.2, 0.25) is 5.02 Å². The third-order valence-electron chi connectivity index (χ3n) is 6.07. The normalized spacial score (nSPS) is 20.0. The van der Waals surface area contributed by atoms with Crippen molar-refractivity contribution in [1.82, 2.24) is 0 Å². The molecule has 0 saturated carbocycles. The second-order valence-electron chi connectivity index (χ2n) is 9.10. The molecule has 3 aromatic rings. The molecule has 6 heteroatoms. The van der Waals surface area contributed by atoms with Gasteiger partial charge in [0.1, 0.15) is 18.5 Å². The highest BCUT2D eigenvalue weighted by atomic mass is 35.5. The van der Waals surface area contributed by atoms with Crippen molar-refractivity contribution < 1.29 is 24.4 Å². The number of hydrogen-bond donors (Lipinski definition) is 2. The zero-order valence-electron chi connectivity index (χ0n) is 19.4. The second-order valence-corrected chi connectivity index (χ2v) is 9.53. The first-order valence-electron chi connectivity index (χ1n) is 11.5. The first-order chi connectivity index (χ1) is 16.3. The lowest BCUT2D eigenvalue weighted by Gasteiger charge is -2.26. The first-order valence-corrected chi connectivity index (χ1v) is 11.9. The molecule has 0 aliphatic carbocycles. The van der Waals surface area contributed by atoms with Crippen molar-refractivity contribution in [3.8, 4) is 5.75 Å². The molecule has 0 bridgehead atoms. The third-order valence-corrected chi connectivity index (χ3v) is 6.32. The largest absolute Gasteiger partial charge is 0.491 e. The zero-order valence-corrected chi connectivity index (χ0v) is 20.2. The minimum absolute atomic E-state index is 0.110. The van der Waals surface area contributed by atoms with Gasteiger partial charge in [0.05, 0.1) is 18.8 Å². The van der Waals surface area contributed by atoms with Crippen LogP contribution < -0.4 is 4.74 Å². The lowest BCUT2D eigenvalue weighted by Crippen LogP contribution is -2.25. The highest BCUT2D eigenvalue weighted by Gasteiger charge is 2.33. The molecule has 1 saturated heterocycles. The molecule has 4 unspecified atom stereocenters. The van der Waals surface area contributed by atoms with Crippen molar-refractivity contribution in [3.63, 3.8) is 0 Å². The maximum absolute atomic E-state index is 11.2. The SMILES string of the molecule is CC1(C)OCC(COc2ccc(C(O)CC(c3ccccc3)C(O)c3ccc(Cl)cc3)cc2)O1. The van der Waals surface area contributed by atoms with Crippen molar-refractivity contribution in [2.45, 2.75) is 50.3 Å². The Balaban J connectivity index is 1.42. The average Bonchev–Trinajstić information content (AvgIpc) is 3.20. The fourth-order valence-electron chi connectivity index (χ4n) is 4.24. The summed E-state index contributed by atoms with van der Waals surface area (Å²) < 4.78 is 17.2. The fraction of sp³-hybridized carbons (Fsp3) is 0.357. The van der Waals surface area contributed by atoms with Crippen LogP contribution in [0.25, 0.3) is 0 Å². The van der Waals surface area contributed by atoms with Gasteiger partial charge in [-0.25, -0.2) is 0 Å². The first kappa shape index (κ1) is 24.7. The molecule has 1 aliphatic rings. The Morgan fingerprint density at radius 3 is 2.18 bits per heavy atom. The van der Waals surface area contributed by atoms with E-state index in [9.17, 15) is 10.2 Å². The van der Waals surface area contributed by atoms with Crippen molar-refractivity contribution in [3.05, 3.63) is 101 Å². The summed E-state index contributed by atoms with van der Waals surface area (Å²) in [5, 5.41) is 22.8. The maximum Gasteiger partial charge on any atom is 0.163 e. The predicted octanol–water partition coefficient (Wildman–Crippen LogP) is 5.81. The van der Waals surface area contributed by atoms with E-state index in [-0.39, 0.29) is 12.0 Å². The zero-order chi connectivity index (χ0) is 24.1. The van der Waals surface area contributed by atoms with Crippen LogP contribution in [0.5, 0.6) is 5.75 Å². The summed E-state index contributed by atoms with van der Waals surface area (Å²) in [6.45, 7) is 4.67. The molecule has 1 fully saturated rings. The molecule has 180 valence electrons. The lowest BCUT2D eigenvalue weighted by molar-refractivity contribution is -0.141. The monoisotopic (exact) mass is 482 g/mol.